The van der Waals surface area contributed by atoms with Crippen LogP contribution in [0.5, 0.6) is 0 Å². The summed E-state index contributed by atoms with van der Waals surface area (Å²) >= 11 is 3.54. The first-order valence-electron chi connectivity index (χ1n) is 6.95. The number of furan rings is 1. The summed E-state index contributed by atoms with van der Waals surface area (Å²) in [5.74, 6) is 0.928. The number of hydrogen-bond acceptors (Lipinski definition) is 4. The van der Waals surface area contributed by atoms with Crippen molar-refractivity contribution in [1.82, 2.24) is 10.2 Å². The fraction of sp³-hybridized carbons (Fsp3) is 0.714. The molecular weight excluding hydrogens is 308 g/mol. The van der Waals surface area contributed by atoms with E-state index in [1.54, 1.807) is 6.26 Å². The third kappa shape index (κ3) is 3.60. The minimum absolute atomic E-state index is 0.0934. The molecule has 1 fully saturated rings. The molecule has 2 unspecified atom stereocenters. The van der Waals surface area contributed by atoms with Crippen molar-refractivity contribution in [1.29, 1.82) is 0 Å². The molecule has 1 aliphatic rings. The van der Waals surface area contributed by atoms with E-state index in [-0.39, 0.29) is 12.1 Å². The number of ether oxygens (including phenoxy) is 1. The van der Waals surface area contributed by atoms with Crippen molar-refractivity contribution in [2.24, 2.45) is 0 Å². The average Bonchev–Trinajstić information content (AvgIpc) is 2.82. The second kappa shape index (κ2) is 6.88. The van der Waals surface area contributed by atoms with Crippen molar-refractivity contribution in [2.45, 2.75) is 39.0 Å². The average molecular weight is 331 g/mol. The van der Waals surface area contributed by atoms with Crippen LogP contribution in [0.4, 0.5) is 0 Å². The molecular formula is C14H23BrN2O2. The molecule has 2 atom stereocenters. The monoisotopic (exact) mass is 330 g/mol. The fourth-order valence-corrected chi connectivity index (χ4v) is 2.96. The normalized spacial score (nSPS) is 22.9. The van der Waals surface area contributed by atoms with E-state index in [1.165, 1.54) is 0 Å². The number of halogens is 1. The van der Waals surface area contributed by atoms with Gasteiger partial charge < -0.3 is 14.5 Å². The molecule has 0 radical (unpaired) electrons. The van der Waals surface area contributed by atoms with Gasteiger partial charge in [0.05, 0.1) is 29.5 Å². The van der Waals surface area contributed by atoms with E-state index in [0.717, 1.165) is 36.5 Å². The smallest absolute Gasteiger partial charge is 0.137 e. The summed E-state index contributed by atoms with van der Waals surface area (Å²) < 4.78 is 12.6. The Labute approximate surface area is 123 Å². The lowest BCUT2D eigenvalue weighted by Gasteiger charge is -2.38. The molecule has 2 heterocycles. The van der Waals surface area contributed by atoms with Crippen molar-refractivity contribution in [2.75, 3.05) is 26.2 Å². The highest BCUT2D eigenvalue weighted by Crippen LogP contribution is 2.29. The van der Waals surface area contributed by atoms with E-state index in [4.69, 9.17) is 9.15 Å². The van der Waals surface area contributed by atoms with Gasteiger partial charge in [0.1, 0.15) is 5.76 Å². The van der Waals surface area contributed by atoms with Gasteiger partial charge in [-0.25, -0.2) is 0 Å². The van der Waals surface area contributed by atoms with Crippen LogP contribution in [0.15, 0.2) is 21.2 Å². The van der Waals surface area contributed by atoms with Crippen LogP contribution in [0, 0.1) is 0 Å². The predicted molar refractivity (Wildman–Crippen MR) is 79.3 cm³/mol. The number of morpholine rings is 1. The molecule has 19 heavy (non-hydrogen) atoms. The molecule has 0 amide bonds. The van der Waals surface area contributed by atoms with Crippen molar-refractivity contribution in [3.63, 3.8) is 0 Å². The molecule has 2 rings (SSSR count). The van der Waals surface area contributed by atoms with E-state index < -0.39 is 0 Å². The lowest BCUT2D eigenvalue weighted by molar-refractivity contribution is -0.0589. The van der Waals surface area contributed by atoms with Gasteiger partial charge in [-0.15, -0.1) is 0 Å². The molecule has 108 valence electrons. The first-order valence-corrected chi connectivity index (χ1v) is 7.74. The first-order chi connectivity index (χ1) is 9.13. The Balaban J connectivity index is 2.13. The Bertz CT molecular complexity index is 395. The van der Waals surface area contributed by atoms with Crippen molar-refractivity contribution in [3.05, 3.63) is 22.6 Å². The molecule has 1 N–H and O–H groups in total. The number of likely N-dealkylation sites (N-methyl/N-ethyl adjacent to an activating group) is 1. The quantitative estimate of drug-likeness (QED) is 0.900. The maximum absolute atomic E-state index is 5.97. The largest absolute Gasteiger partial charge is 0.466 e. The Morgan fingerprint density at radius 1 is 1.53 bits per heavy atom. The topological polar surface area (TPSA) is 37.6 Å². The molecule has 0 aromatic carbocycles. The number of rotatable bonds is 5. The Morgan fingerprint density at radius 2 is 2.32 bits per heavy atom. The van der Waals surface area contributed by atoms with Crippen LogP contribution >= 0.6 is 15.9 Å². The molecule has 4 nitrogen and oxygen atoms in total. The van der Waals surface area contributed by atoms with Crippen LogP contribution in [0.3, 0.4) is 0 Å². The van der Waals surface area contributed by atoms with Gasteiger partial charge in [-0.1, -0.05) is 6.92 Å². The van der Waals surface area contributed by atoms with E-state index in [0.29, 0.717) is 6.04 Å². The van der Waals surface area contributed by atoms with Gasteiger partial charge in [-0.2, -0.15) is 0 Å². The second-order valence-electron chi connectivity index (χ2n) is 5.17. The molecule has 5 heteroatoms. The third-order valence-corrected chi connectivity index (χ3v) is 4.23. The first kappa shape index (κ1) is 15.0. The maximum atomic E-state index is 5.97. The lowest BCUT2D eigenvalue weighted by Crippen LogP contribution is -2.50. The predicted octanol–water partition coefficient (Wildman–Crippen LogP) is 2.80. The molecule has 0 aliphatic carbocycles. The summed E-state index contributed by atoms with van der Waals surface area (Å²) in [7, 11) is 0. The molecule has 1 saturated heterocycles. The fourth-order valence-electron chi connectivity index (χ4n) is 2.51. The molecule has 1 aliphatic heterocycles. The van der Waals surface area contributed by atoms with Crippen LogP contribution in [0.25, 0.3) is 0 Å². The zero-order chi connectivity index (χ0) is 13.8. The summed E-state index contributed by atoms with van der Waals surface area (Å²) in [6.07, 6.45) is 1.84. The van der Waals surface area contributed by atoms with Crippen LogP contribution < -0.4 is 5.32 Å². The van der Waals surface area contributed by atoms with Crippen molar-refractivity contribution in [3.8, 4) is 0 Å². The Hall–Kier alpha value is -0.360. The van der Waals surface area contributed by atoms with Crippen LogP contribution in [-0.2, 0) is 4.74 Å². The molecule has 0 bridgehead atoms. The van der Waals surface area contributed by atoms with Gasteiger partial charge >= 0.3 is 0 Å². The van der Waals surface area contributed by atoms with E-state index in [2.05, 4.69) is 46.9 Å². The minimum Gasteiger partial charge on any atom is -0.466 e. The molecule has 0 saturated carbocycles. The Morgan fingerprint density at radius 3 is 2.89 bits per heavy atom. The van der Waals surface area contributed by atoms with E-state index >= 15 is 0 Å². The SMILES string of the molecule is CCNC(c1occc1Br)C1CN(C(C)C)CCO1. The van der Waals surface area contributed by atoms with Gasteiger partial charge in [0.15, 0.2) is 0 Å². The highest BCUT2D eigenvalue weighted by atomic mass is 79.9. The third-order valence-electron chi connectivity index (χ3n) is 3.58. The van der Waals surface area contributed by atoms with Gasteiger partial charge in [0.2, 0.25) is 0 Å². The molecule has 1 aromatic rings. The van der Waals surface area contributed by atoms with E-state index in [9.17, 15) is 0 Å². The number of nitrogens with zero attached hydrogens (tertiary/aromatic N) is 1. The summed E-state index contributed by atoms with van der Waals surface area (Å²) in [4.78, 5) is 2.45. The zero-order valence-electron chi connectivity index (χ0n) is 11.9. The highest BCUT2D eigenvalue weighted by molar-refractivity contribution is 9.10. The van der Waals surface area contributed by atoms with Gasteiger partial charge in [-0.3, -0.25) is 4.90 Å². The van der Waals surface area contributed by atoms with Crippen LogP contribution in [0.2, 0.25) is 0 Å². The van der Waals surface area contributed by atoms with Crippen LogP contribution in [0.1, 0.15) is 32.6 Å². The summed E-state index contributed by atoms with van der Waals surface area (Å²) in [6, 6.07) is 2.58. The standard InChI is InChI=1S/C14H23BrN2O2/c1-4-16-13(14-11(15)5-7-19-14)12-9-17(10(2)3)6-8-18-12/h5,7,10,12-13,16H,4,6,8-9H2,1-3H3. The van der Waals surface area contributed by atoms with Gasteiger partial charge in [-0.05, 0) is 42.4 Å². The highest BCUT2D eigenvalue weighted by Gasteiger charge is 2.32. The maximum Gasteiger partial charge on any atom is 0.137 e. The summed E-state index contributed by atoms with van der Waals surface area (Å²) in [6.45, 7) is 10.2. The lowest BCUT2D eigenvalue weighted by atomic mass is 10.1. The van der Waals surface area contributed by atoms with Gasteiger partial charge in [0, 0.05) is 19.1 Å². The Kier molecular flexibility index (Phi) is 5.45. The van der Waals surface area contributed by atoms with Crippen molar-refractivity contribution < 1.29 is 9.15 Å². The van der Waals surface area contributed by atoms with Crippen molar-refractivity contribution >= 4 is 15.9 Å². The molecule has 1 aromatic heterocycles. The zero-order valence-corrected chi connectivity index (χ0v) is 13.4. The molecule has 0 spiro atoms. The minimum atomic E-state index is 0.0934. The summed E-state index contributed by atoms with van der Waals surface area (Å²) in [5, 5.41) is 3.48. The number of hydrogen-bond donors (Lipinski definition) is 1. The number of nitrogens with one attached hydrogen (secondary N) is 1. The second-order valence-corrected chi connectivity index (χ2v) is 6.02. The summed E-state index contributed by atoms with van der Waals surface area (Å²) in [5.41, 5.74) is 0. The van der Waals surface area contributed by atoms with E-state index in [1.807, 2.05) is 6.07 Å². The van der Waals surface area contributed by atoms with Crippen LogP contribution in [-0.4, -0.2) is 43.3 Å². The van der Waals surface area contributed by atoms with Gasteiger partial charge in [0.25, 0.3) is 0 Å².